The molecule has 2 heterocycles. The number of hydrogen-bond donors (Lipinski definition) is 2. The largest absolute Gasteiger partial charge is 0.383 e. The Morgan fingerprint density at radius 1 is 1.64 bits per heavy atom. The second-order valence-corrected chi connectivity index (χ2v) is 4.76. The summed E-state index contributed by atoms with van der Waals surface area (Å²) in [5, 5.41) is 4.53. The lowest BCUT2D eigenvalue weighted by Gasteiger charge is -2.36. The Bertz CT molecular complexity index is 317. The monoisotopic (exact) mass is 212 g/mol. The first kappa shape index (κ1) is 9.73. The molecule has 1 saturated heterocycles. The highest BCUT2D eigenvalue weighted by atomic mass is 32.1. The molecule has 5 heteroatoms. The summed E-state index contributed by atoms with van der Waals surface area (Å²) in [6, 6.07) is 0. The number of nitrogens with two attached hydrogens (primary N) is 1. The van der Waals surface area contributed by atoms with Crippen molar-refractivity contribution in [2.45, 2.75) is 6.92 Å². The van der Waals surface area contributed by atoms with Crippen molar-refractivity contribution in [3.05, 3.63) is 5.56 Å². The SMILES string of the molecule is Cc1c(N)nsc1NCC1CN(C)C1. The number of likely N-dealkylation sites (tertiary alicyclic amines) is 1. The standard InChI is InChI=1S/C9H16N4S/c1-6-8(10)12-14-9(6)11-3-7-4-13(2)5-7/h7,11H,3-5H2,1-2H3,(H2,10,12). The lowest BCUT2D eigenvalue weighted by molar-refractivity contribution is 0.144. The molecule has 14 heavy (non-hydrogen) atoms. The lowest BCUT2D eigenvalue weighted by atomic mass is 10.0. The van der Waals surface area contributed by atoms with Crippen molar-refractivity contribution in [1.29, 1.82) is 0 Å². The Labute approximate surface area is 88.3 Å². The topological polar surface area (TPSA) is 54.2 Å². The fraction of sp³-hybridized carbons (Fsp3) is 0.667. The Hall–Kier alpha value is -0.810. The van der Waals surface area contributed by atoms with E-state index in [1.807, 2.05) is 6.92 Å². The molecule has 78 valence electrons. The van der Waals surface area contributed by atoms with E-state index >= 15 is 0 Å². The third-order valence-electron chi connectivity index (χ3n) is 2.65. The van der Waals surface area contributed by atoms with Gasteiger partial charge in [0, 0.05) is 31.1 Å². The summed E-state index contributed by atoms with van der Waals surface area (Å²) in [7, 11) is 2.15. The zero-order valence-corrected chi connectivity index (χ0v) is 9.40. The molecule has 0 spiro atoms. The molecule has 1 aliphatic rings. The molecule has 0 aliphatic carbocycles. The van der Waals surface area contributed by atoms with Crippen LogP contribution in [-0.2, 0) is 0 Å². The normalized spacial score (nSPS) is 18.1. The summed E-state index contributed by atoms with van der Waals surface area (Å²) < 4.78 is 4.10. The molecule has 0 saturated carbocycles. The van der Waals surface area contributed by atoms with Gasteiger partial charge in [-0.25, -0.2) is 0 Å². The summed E-state index contributed by atoms with van der Waals surface area (Å²) >= 11 is 1.45. The zero-order chi connectivity index (χ0) is 10.1. The molecule has 0 bridgehead atoms. The van der Waals surface area contributed by atoms with Crippen LogP contribution in [0.15, 0.2) is 0 Å². The van der Waals surface area contributed by atoms with Crippen molar-refractivity contribution in [2.75, 3.05) is 37.7 Å². The summed E-state index contributed by atoms with van der Waals surface area (Å²) in [6.07, 6.45) is 0. The van der Waals surface area contributed by atoms with Gasteiger partial charge in [-0.2, -0.15) is 4.37 Å². The molecular formula is C9H16N4S. The minimum absolute atomic E-state index is 0.656. The molecule has 2 rings (SSSR count). The molecule has 0 atom stereocenters. The van der Waals surface area contributed by atoms with Gasteiger partial charge in [0.1, 0.15) is 10.8 Å². The van der Waals surface area contributed by atoms with Crippen molar-refractivity contribution in [3.63, 3.8) is 0 Å². The third kappa shape index (κ3) is 1.83. The van der Waals surface area contributed by atoms with E-state index in [1.54, 1.807) is 0 Å². The minimum Gasteiger partial charge on any atom is -0.383 e. The fourth-order valence-corrected chi connectivity index (χ4v) is 2.42. The average molecular weight is 212 g/mol. The van der Waals surface area contributed by atoms with Crippen LogP contribution in [0, 0.1) is 12.8 Å². The maximum Gasteiger partial charge on any atom is 0.142 e. The smallest absolute Gasteiger partial charge is 0.142 e. The van der Waals surface area contributed by atoms with Gasteiger partial charge >= 0.3 is 0 Å². The Kier molecular flexibility index (Phi) is 2.60. The lowest BCUT2D eigenvalue weighted by Crippen LogP contribution is -2.46. The van der Waals surface area contributed by atoms with Crippen molar-refractivity contribution in [2.24, 2.45) is 5.92 Å². The van der Waals surface area contributed by atoms with Crippen molar-refractivity contribution >= 4 is 22.4 Å². The van der Waals surface area contributed by atoms with Crippen LogP contribution in [-0.4, -0.2) is 36.0 Å². The summed E-state index contributed by atoms with van der Waals surface area (Å²) in [6.45, 7) is 5.43. The maximum absolute atomic E-state index is 5.67. The quantitative estimate of drug-likeness (QED) is 0.785. The van der Waals surface area contributed by atoms with Crippen LogP contribution in [0.1, 0.15) is 5.56 Å². The highest BCUT2D eigenvalue weighted by Crippen LogP contribution is 2.26. The summed E-state index contributed by atoms with van der Waals surface area (Å²) in [5.74, 6) is 1.44. The van der Waals surface area contributed by atoms with Crippen LogP contribution >= 0.6 is 11.5 Å². The molecule has 1 aliphatic heterocycles. The second-order valence-electron chi connectivity index (χ2n) is 3.99. The van der Waals surface area contributed by atoms with Crippen LogP contribution in [0.2, 0.25) is 0 Å². The van der Waals surface area contributed by atoms with Gasteiger partial charge in [-0.05, 0) is 25.5 Å². The number of nitrogens with one attached hydrogen (secondary N) is 1. The molecule has 0 amide bonds. The van der Waals surface area contributed by atoms with Crippen molar-refractivity contribution in [3.8, 4) is 0 Å². The average Bonchev–Trinajstić information content (AvgIpc) is 2.41. The molecule has 3 N–H and O–H groups in total. The highest BCUT2D eigenvalue weighted by molar-refractivity contribution is 7.10. The summed E-state index contributed by atoms with van der Waals surface area (Å²) in [4.78, 5) is 2.32. The van der Waals surface area contributed by atoms with E-state index in [9.17, 15) is 0 Å². The molecule has 1 aromatic heterocycles. The van der Waals surface area contributed by atoms with E-state index in [-0.39, 0.29) is 0 Å². The highest BCUT2D eigenvalue weighted by Gasteiger charge is 2.22. The molecule has 0 aromatic carbocycles. The molecule has 1 fully saturated rings. The third-order valence-corrected chi connectivity index (χ3v) is 3.57. The van der Waals surface area contributed by atoms with E-state index in [1.165, 1.54) is 24.6 Å². The van der Waals surface area contributed by atoms with Gasteiger partial charge < -0.3 is 16.0 Å². The van der Waals surface area contributed by atoms with Gasteiger partial charge in [0.15, 0.2) is 0 Å². The number of rotatable bonds is 3. The Morgan fingerprint density at radius 3 is 2.86 bits per heavy atom. The maximum atomic E-state index is 5.67. The first-order chi connectivity index (χ1) is 6.66. The van der Waals surface area contributed by atoms with Gasteiger partial charge in [-0.1, -0.05) is 0 Å². The predicted molar refractivity (Wildman–Crippen MR) is 60.7 cm³/mol. The Morgan fingerprint density at radius 2 is 2.36 bits per heavy atom. The number of aromatic nitrogens is 1. The first-order valence-electron chi connectivity index (χ1n) is 4.81. The molecule has 0 radical (unpaired) electrons. The van der Waals surface area contributed by atoms with E-state index in [4.69, 9.17) is 5.73 Å². The van der Waals surface area contributed by atoms with Crippen LogP contribution in [0.5, 0.6) is 0 Å². The molecule has 4 nitrogen and oxygen atoms in total. The van der Waals surface area contributed by atoms with E-state index in [0.717, 1.165) is 23.0 Å². The molecule has 1 aromatic rings. The number of hydrogen-bond acceptors (Lipinski definition) is 5. The van der Waals surface area contributed by atoms with Gasteiger partial charge in [0.2, 0.25) is 0 Å². The van der Waals surface area contributed by atoms with Crippen molar-refractivity contribution in [1.82, 2.24) is 9.27 Å². The second kappa shape index (κ2) is 3.74. The first-order valence-corrected chi connectivity index (χ1v) is 5.58. The van der Waals surface area contributed by atoms with Crippen LogP contribution in [0.25, 0.3) is 0 Å². The zero-order valence-electron chi connectivity index (χ0n) is 8.58. The minimum atomic E-state index is 0.656. The van der Waals surface area contributed by atoms with E-state index < -0.39 is 0 Å². The van der Waals surface area contributed by atoms with E-state index in [0.29, 0.717) is 5.82 Å². The van der Waals surface area contributed by atoms with Gasteiger partial charge in [-0.15, -0.1) is 0 Å². The number of anilines is 2. The Balaban J connectivity index is 1.83. The van der Waals surface area contributed by atoms with Crippen molar-refractivity contribution < 1.29 is 0 Å². The van der Waals surface area contributed by atoms with Crippen LogP contribution < -0.4 is 11.1 Å². The van der Waals surface area contributed by atoms with Gasteiger partial charge in [0.25, 0.3) is 0 Å². The van der Waals surface area contributed by atoms with Crippen LogP contribution in [0.4, 0.5) is 10.8 Å². The van der Waals surface area contributed by atoms with Crippen LogP contribution in [0.3, 0.4) is 0 Å². The van der Waals surface area contributed by atoms with Gasteiger partial charge in [-0.3, -0.25) is 0 Å². The number of nitrogen functional groups attached to an aromatic ring is 1. The number of nitrogens with zero attached hydrogens (tertiary/aromatic N) is 2. The molecular weight excluding hydrogens is 196 g/mol. The molecule has 0 unspecified atom stereocenters. The fourth-order valence-electron chi connectivity index (χ4n) is 1.71. The van der Waals surface area contributed by atoms with E-state index in [2.05, 4.69) is 21.6 Å². The predicted octanol–water partition coefficient (Wildman–Crippen LogP) is 1.01. The van der Waals surface area contributed by atoms with Gasteiger partial charge in [0.05, 0.1) is 0 Å². The summed E-state index contributed by atoms with van der Waals surface area (Å²) in [5.41, 5.74) is 6.75.